The normalized spacial score (nSPS) is 17.0. The van der Waals surface area contributed by atoms with Crippen molar-refractivity contribution in [3.8, 4) is 5.75 Å². The van der Waals surface area contributed by atoms with E-state index in [1.165, 1.54) is 22.5 Å². The van der Waals surface area contributed by atoms with E-state index in [9.17, 15) is 0 Å². The van der Waals surface area contributed by atoms with Crippen molar-refractivity contribution in [2.75, 3.05) is 31.6 Å². The summed E-state index contributed by atoms with van der Waals surface area (Å²) in [5.41, 5.74) is 5.09. The molecule has 0 radical (unpaired) electrons. The van der Waals surface area contributed by atoms with E-state index in [2.05, 4.69) is 38.8 Å². The van der Waals surface area contributed by atoms with Crippen molar-refractivity contribution >= 4 is 11.5 Å². The van der Waals surface area contributed by atoms with Gasteiger partial charge in [0.25, 0.3) is 0 Å². The van der Waals surface area contributed by atoms with Crippen molar-refractivity contribution in [1.29, 1.82) is 0 Å². The Morgan fingerprint density at radius 2 is 2.09 bits per heavy atom. The van der Waals surface area contributed by atoms with E-state index in [-0.39, 0.29) is 0 Å². The van der Waals surface area contributed by atoms with Gasteiger partial charge in [0, 0.05) is 37.3 Å². The first kappa shape index (κ1) is 14.5. The van der Waals surface area contributed by atoms with Crippen LogP contribution in [0.5, 0.6) is 5.75 Å². The van der Waals surface area contributed by atoms with Gasteiger partial charge in [-0.15, -0.1) is 0 Å². The van der Waals surface area contributed by atoms with Crippen LogP contribution in [0.1, 0.15) is 23.7 Å². The van der Waals surface area contributed by atoms with Crippen LogP contribution in [-0.4, -0.2) is 41.6 Å². The number of aromatic nitrogens is 2. The first-order valence-electron chi connectivity index (χ1n) is 8.29. The Balaban J connectivity index is 1.74. The van der Waals surface area contributed by atoms with Crippen LogP contribution in [0, 0.1) is 0 Å². The number of methoxy groups -OCH3 is 1. The summed E-state index contributed by atoms with van der Waals surface area (Å²) in [5.74, 6) is 2.00. The molecule has 3 heterocycles. The monoisotopic (exact) mass is 310 g/mol. The summed E-state index contributed by atoms with van der Waals surface area (Å²) in [6, 6.07) is 6.32. The van der Waals surface area contributed by atoms with Gasteiger partial charge < -0.3 is 9.64 Å². The zero-order chi connectivity index (χ0) is 15.8. The lowest BCUT2D eigenvalue weighted by Gasteiger charge is -2.30. The van der Waals surface area contributed by atoms with Crippen molar-refractivity contribution in [2.45, 2.75) is 26.3 Å². The molecule has 5 nitrogen and oxygen atoms in total. The summed E-state index contributed by atoms with van der Waals surface area (Å²) in [5, 5.41) is 0. The van der Waals surface area contributed by atoms with Gasteiger partial charge in [-0.25, -0.2) is 9.97 Å². The summed E-state index contributed by atoms with van der Waals surface area (Å²) >= 11 is 0. The van der Waals surface area contributed by atoms with Gasteiger partial charge in [-0.2, -0.15) is 0 Å². The quantitative estimate of drug-likeness (QED) is 0.871. The molecule has 120 valence electrons. The highest BCUT2D eigenvalue weighted by molar-refractivity contribution is 5.70. The maximum atomic E-state index is 5.35. The van der Waals surface area contributed by atoms with Crippen LogP contribution in [0.25, 0.3) is 0 Å². The number of rotatable bonds is 3. The van der Waals surface area contributed by atoms with E-state index in [0.29, 0.717) is 0 Å². The van der Waals surface area contributed by atoms with E-state index < -0.39 is 0 Å². The van der Waals surface area contributed by atoms with E-state index >= 15 is 0 Å². The van der Waals surface area contributed by atoms with Crippen molar-refractivity contribution < 1.29 is 4.74 Å². The zero-order valence-corrected chi connectivity index (χ0v) is 13.7. The molecular weight excluding hydrogens is 288 g/mol. The van der Waals surface area contributed by atoms with Crippen LogP contribution in [0.2, 0.25) is 0 Å². The van der Waals surface area contributed by atoms with Gasteiger partial charge in [0.1, 0.15) is 17.9 Å². The number of anilines is 2. The summed E-state index contributed by atoms with van der Waals surface area (Å²) in [6.07, 6.45) is 3.77. The summed E-state index contributed by atoms with van der Waals surface area (Å²) < 4.78 is 5.35. The minimum atomic E-state index is 0.924. The Bertz CT molecular complexity index is 731. The molecule has 4 rings (SSSR count). The molecule has 2 aliphatic rings. The number of ether oxygens (including phenoxy) is 1. The Hall–Kier alpha value is -2.14. The average Bonchev–Trinajstić information content (AvgIpc) is 3.03. The fraction of sp³-hybridized carbons (Fsp3) is 0.444. The minimum Gasteiger partial charge on any atom is -0.497 e. The van der Waals surface area contributed by atoms with Crippen molar-refractivity contribution in [2.24, 2.45) is 0 Å². The highest BCUT2D eigenvalue weighted by Crippen LogP contribution is 2.38. The van der Waals surface area contributed by atoms with Gasteiger partial charge in [-0.3, -0.25) is 4.90 Å². The molecule has 2 aromatic rings. The van der Waals surface area contributed by atoms with Crippen molar-refractivity contribution in [3.05, 3.63) is 41.3 Å². The Kier molecular flexibility index (Phi) is 3.65. The second-order valence-electron chi connectivity index (χ2n) is 6.14. The third-order valence-corrected chi connectivity index (χ3v) is 4.94. The van der Waals surface area contributed by atoms with Gasteiger partial charge >= 0.3 is 0 Å². The molecule has 0 amide bonds. The van der Waals surface area contributed by atoms with Gasteiger partial charge in [0.2, 0.25) is 0 Å². The number of nitrogens with zero attached hydrogens (tertiary/aromatic N) is 4. The van der Waals surface area contributed by atoms with Crippen LogP contribution in [-0.2, 0) is 19.4 Å². The lowest BCUT2D eigenvalue weighted by atomic mass is 10.1. The highest BCUT2D eigenvalue weighted by atomic mass is 16.5. The number of benzene rings is 1. The predicted octanol–water partition coefficient (Wildman–Crippen LogP) is 2.56. The highest BCUT2D eigenvalue weighted by Gasteiger charge is 2.27. The molecule has 0 saturated carbocycles. The Morgan fingerprint density at radius 1 is 1.17 bits per heavy atom. The predicted molar refractivity (Wildman–Crippen MR) is 90.4 cm³/mol. The average molecular weight is 310 g/mol. The fourth-order valence-corrected chi connectivity index (χ4v) is 3.61. The molecule has 0 bridgehead atoms. The Morgan fingerprint density at radius 3 is 2.91 bits per heavy atom. The lowest BCUT2D eigenvalue weighted by Crippen LogP contribution is -2.32. The molecule has 23 heavy (non-hydrogen) atoms. The Labute approximate surface area is 136 Å². The van der Waals surface area contributed by atoms with Crippen LogP contribution < -0.4 is 9.64 Å². The molecule has 0 spiro atoms. The summed E-state index contributed by atoms with van der Waals surface area (Å²) in [7, 11) is 1.72. The van der Waals surface area contributed by atoms with Crippen molar-refractivity contribution in [1.82, 2.24) is 14.9 Å². The maximum absolute atomic E-state index is 5.35. The van der Waals surface area contributed by atoms with Crippen LogP contribution in [0.3, 0.4) is 0 Å². The lowest BCUT2D eigenvalue weighted by molar-refractivity contribution is 0.265. The van der Waals surface area contributed by atoms with E-state index in [1.54, 1.807) is 13.4 Å². The van der Waals surface area contributed by atoms with Gasteiger partial charge in [-0.1, -0.05) is 6.92 Å². The molecule has 0 atom stereocenters. The zero-order valence-electron chi connectivity index (χ0n) is 13.7. The van der Waals surface area contributed by atoms with E-state index in [4.69, 9.17) is 4.74 Å². The maximum Gasteiger partial charge on any atom is 0.141 e. The van der Waals surface area contributed by atoms with Crippen LogP contribution >= 0.6 is 0 Å². The number of hydrogen-bond acceptors (Lipinski definition) is 5. The molecule has 5 heteroatoms. The fourth-order valence-electron chi connectivity index (χ4n) is 3.61. The first-order chi connectivity index (χ1) is 11.3. The van der Waals surface area contributed by atoms with Crippen LogP contribution in [0.4, 0.5) is 11.5 Å². The van der Waals surface area contributed by atoms with Gasteiger partial charge in [0.05, 0.1) is 12.8 Å². The van der Waals surface area contributed by atoms with Crippen LogP contribution in [0.15, 0.2) is 24.5 Å². The topological polar surface area (TPSA) is 41.5 Å². The molecular formula is C18H22N4O. The number of fused-ring (bicyclic) bond motifs is 2. The first-order valence-corrected chi connectivity index (χ1v) is 8.29. The summed E-state index contributed by atoms with van der Waals surface area (Å²) in [4.78, 5) is 14.0. The molecule has 0 fully saturated rings. The van der Waals surface area contributed by atoms with E-state index in [1.807, 2.05) is 6.07 Å². The molecule has 2 aliphatic heterocycles. The number of hydrogen-bond donors (Lipinski definition) is 0. The smallest absolute Gasteiger partial charge is 0.141 e. The van der Waals surface area contributed by atoms with E-state index in [0.717, 1.165) is 50.6 Å². The molecule has 0 N–H and O–H groups in total. The molecule has 1 aromatic carbocycles. The van der Waals surface area contributed by atoms with Crippen molar-refractivity contribution in [3.63, 3.8) is 0 Å². The number of likely N-dealkylation sites (N-methyl/N-ethyl adjacent to an activating group) is 1. The largest absolute Gasteiger partial charge is 0.497 e. The SMILES string of the molecule is CCN1CCc2ncnc(N3CCc4cc(OC)ccc43)c2C1. The second-order valence-corrected chi connectivity index (χ2v) is 6.14. The standard InChI is InChI=1S/C18H22N4O/c1-3-21-8-7-16-15(11-21)18(20-12-19-16)22-9-6-13-10-14(23-2)4-5-17(13)22/h4-5,10,12H,3,6-9,11H2,1-2H3. The summed E-state index contributed by atoms with van der Waals surface area (Å²) in [6.45, 7) is 6.29. The second kappa shape index (κ2) is 5.81. The third kappa shape index (κ3) is 2.45. The molecule has 0 saturated heterocycles. The van der Waals surface area contributed by atoms with Gasteiger partial charge in [0.15, 0.2) is 0 Å². The molecule has 0 unspecified atom stereocenters. The molecule has 1 aromatic heterocycles. The molecule has 0 aliphatic carbocycles. The van der Waals surface area contributed by atoms with Gasteiger partial charge in [-0.05, 0) is 36.7 Å². The third-order valence-electron chi connectivity index (χ3n) is 4.94. The minimum absolute atomic E-state index is 0.924.